The zero-order valence-corrected chi connectivity index (χ0v) is 5.70. The molecule has 0 aliphatic heterocycles. The smallest absolute Gasteiger partial charge is 0.342 e. The lowest BCUT2D eigenvalue weighted by atomic mass is 10.4. The summed E-state index contributed by atoms with van der Waals surface area (Å²) in [5, 5.41) is 16.8. The number of carbonyl (C=O) groups is 1. The van der Waals surface area contributed by atoms with Gasteiger partial charge in [0.2, 0.25) is 0 Å². The molecule has 1 atom stereocenters. The summed E-state index contributed by atoms with van der Waals surface area (Å²) in [6.07, 6.45) is -1.46. The van der Waals surface area contributed by atoms with Gasteiger partial charge in [-0.15, -0.1) is 0 Å². The van der Waals surface area contributed by atoms with Crippen LogP contribution in [0, 0.1) is 0 Å². The molecule has 0 bridgehead atoms. The van der Waals surface area contributed by atoms with Crippen molar-refractivity contribution in [3.8, 4) is 0 Å². The normalized spacial score (nSPS) is 12.3. The number of ether oxygens (including phenoxy) is 1. The third kappa shape index (κ3) is 3.21. The summed E-state index contributed by atoms with van der Waals surface area (Å²) in [6.45, 7) is 4.12. The highest BCUT2D eigenvalue weighted by molar-refractivity contribution is 5.75. The number of esters is 1. The van der Waals surface area contributed by atoms with E-state index in [-0.39, 0.29) is 5.76 Å². The standard InChI is InChI=1S/C6H10O4/c1-4(2)10-6(9)5(8)3-7/h5,7-8H,1,3H2,2H3. The Kier molecular flexibility index (Phi) is 3.68. The van der Waals surface area contributed by atoms with Gasteiger partial charge in [-0.05, 0) is 6.92 Å². The molecule has 0 aliphatic carbocycles. The van der Waals surface area contributed by atoms with Crippen LogP contribution < -0.4 is 0 Å². The van der Waals surface area contributed by atoms with Crippen molar-refractivity contribution < 1.29 is 19.7 Å². The van der Waals surface area contributed by atoms with Crippen molar-refractivity contribution in [2.45, 2.75) is 13.0 Å². The van der Waals surface area contributed by atoms with Crippen molar-refractivity contribution >= 4 is 5.97 Å². The fourth-order valence-corrected chi connectivity index (χ4v) is 0.314. The summed E-state index contributed by atoms with van der Waals surface area (Å²) >= 11 is 0. The van der Waals surface area contributed by atoms with Gasteiger partial charge < -0.3 is 14.9 Å². The molecular formula is C6H10O4. The van der Waals surface area contributed by atoms with E-state index in [0.717, 1.165) is 0 Å². The van der Waals surface area contributed by atoms with Crippen LogP contribution in [0.5, 0.6) is 0 Å². The number of aliphatic hydroxyl groups is 2. The Morgan fingerprint density at radius 1 is 1.80 bits per heavy atom. The van der Waals surface area contributed by atoms with Crippen LogP contribution in [0.15, 0.2) is 12.3 Å². The van der Waals surface area contributed by atoms with Crippen molar-refractivity contribution in [2.24, 2.45) is 0 Å². The summed E-state index contributed by atoms with van der Waals surface area (Å²) < 4.78 is 4.36. The van der Waals surface area contributed by atoms with Crippen molar-refractivity contribution in [2.75, 3.05) is 6.61 Å². The molecule has 0 aliphatic rings. The number of allylic oxidation sites excluding steroid dienone is 1. The number of carbonyl (C=O) groups excluding carboxylic acids is 1. The Hall–Kier alpha value is -0.870. The molecule has 0 heterocycles. The van der Waals surface area contributed by atoms with Gasteiger partial charge in [0.15, 0.2) is 6.10 Å². The maximum Gasteiger partial charge on any atom is 0.342 e. The van der Waals surface area contributed by atoms with Gasteiger partial charge in [-0.2, -0.15) is 0 Å². The summed E-state index contributed by atoms with van der Waals surface area (Å²) in [5.41, 5.74) is 0. The van der Waals surface area contributed by atoms with E-state index in [1.165, 1.54) is 6.92 Å². The zero-order chi connectivity index (χ0) is 8.15. The predicted molar refractivity (Wildman–Crippen MR) is 34.0 cm³/mol. The van der Waals surface area contributed by atoms with Gasteiger partial charge in [-0.1, -0.05) is 6.58 Å². The fourth-order valence-electron chi connectivity index (χ4n) is 0.314. The molecule has 0 fully saturated rings. The van der Waals surface area contributed by atoms with Crippen LogP contribution in [-0.4, -0.2) is 28.9 Å². The second-order valence-electron chi connectivity index (χ2n) is 1.82. The lowest BCUT2D eigenvalue weighted by Crippen LogP contribution is -2.25. The lowest BCUT2D eigenvalue weighted by molar-refractivity contribution is -0.150. The maximum absolute atomic E-state index is 10.5. The third-order valence-electron chi connectivity index (χ3n) is 0.720. The van der Waals surface area contributed by atoms with Gasteiger partial charge in [-0.3, -0.25) is 0 Å². The molecule has 0 amide bonds. The van der Waals surface area contributed by atoms with E-state index in [0.29, 0.717) is 0 Å². The Balaban J connectivity index is 3.73. The second-order valence-corrected chi connectivity index (χ2v) is 1.82. The van der Waals surface area contributed by atoms with Crippen molar-refractivity contribution in [3.05, 3.63) is 12.3 Å². The molecule has 10 heavy (non-hydrogen) atoms. The van der Waals surface area contributed by atoms with Gasteiger partial charge in [0, 0.05) is 0 Å². The van der Waals surface area contributed by atoms with Crippen LogP contribution >= 0.6 is 0 Å². The van der Waals surface area contributed by atoms with E-state index in [1.54, 1.807) is 0 Å². The average molecular weight is 146 g/mol. The van der Waals surface area contributed by atoms with Gasteiger partial charge >= 0.3 is 5.97 Å². The molecule has 2 N–H and O–H groups in total. The minimum absolute atomic E-state index is 0.192. The first-order valence-electron chi connectivity index (χ1n) is 2.74. The Morgan fingerprint density at radius 3 is 2.60 bits per heavy atom. The molecule has 58 valence electrons. The SMILES string of the molecule is C=C(C)OC(=O)C(O)CO. The van der Waals surface area contributed by atoms with Gasteiger partial charge in [0.05, 0.1) is 12.4 Å². The highest BCUT2D eigenvalue weighted by Crippen LogP contribution is 1.94. The molecule has 0 saturated carbocycles. The van der Waals surface area contributed by atoms with Crippen LogP contribution in [0.1, 0.15) is 6.92 Å². The quantitative estimate of drug-likeness (QED) is 0.413. The Morgan fingerprint density at radius 2 is 2.30 bits per heavy atom. The molecule has 4 nitrogen and oxygen atoms in total. The minimum atomic E-state index is -1.46. The summed E-state index contributed by atoms with van der Waals surface area (Å²) in [7, 11) is 0. The third-order valence-corrected chi connectivity index (χ3v) is 0.720. The van der Waals surface area contributed by atoms with E-state index >= 15 is 0 Å². The van der Waals surface area contributed by atoms with Gasteiger partial charge in [-0.25, -0.2) is 4.79 Å². The predicted octanol–water partition coefficient (Wildman–Crippen LogP) is -0.584. The monoisotopic (exact) mass is 146 g/mol. The van der Waals surface area contributed by atoms with E-state index in [4.69, 9.17) is 10.2 Å². The molecule has 0 saturated heterocycles. The van der Waals surface area contributed by atoms with E-state index < -0.39 is 18.7 Å². The first-order valence-corrected chi connectivity index (χ1v) is 2.74. The lowest BCUT2D eigenvalue weighted by Gasteiger charge is -2.05. The molecule has 0 rings (SSSR count). The summed E-state index contributed by atoms with van der Waals surface area (Å²) in [5.74, 6) is -0.688. The highest BCUT2D eigenvalue weighted by atomic mass is 16.6. The van der Waals surface area contributed by atoms with E-state index in [1.807, 2.05) is 0 Å². The molecule has 0 aromatic carbocycles. The molecular weight excluding hydrogens is 136 g/mol. The number of aliphatic hydroxyl groups excluding tert-OH is 2. The van der Waals surface area contributed by atoms with Crippen molar-refractivity contribution in [3.63, 3.8) is 0 Å². The molecule has 0 aromatic rings. The van der Waals surface area contributed by atoms with Crippen LogP contribution in [-0.2, 0) is 9.53 Å². The minimum Gasteiger partial charge on any atom is -0.430 e. The largest absolute Gasteiger partial charge is 0.430 e. The molecule has 4 heteroatoms. The number of hydrogen-bond acceptors (Lipinski definition) is 4. The van der Waals surface area contributed by atoms with Gasteiger partial charge in [0.25, 0.3) is 0 Å². The van der Waals surface area contributed by atoms with Crippen LogP contribution in [0.4, 0.5) is 0 Å². The second kappa shape index (κ2) is 4.03. The van der Waals surface area contributed by atoms with Gasteiger partial charge in [0.1, 0.15) is 0 Å². The first kappa shape index (κ1) is 9.13. The molecule has 0 spiro atoms. The van der Waals surface area contributed by atoms with Crippen LogP contribution in [0.25, 0.3) is 0 Å². The zero-order valence-electron chi connectivity index (χ0n) is 5.70. The summed E-state index contributed by atoms with van der Waals surface area (Å²) in [6, 6.07) is 0. The molecule has 0 aromatic heterocycles. The summed E-state index contributed by atoms with van der Waals surface area (Å²) in [4.78, 5) is 10.5. The maximum atomic E-state index is 10.5. The average Bonchev–Trinajstić information content (AvgIpc) is 1.85. The van der Waals surface area contributed by atoms with Crippen LogP contribution in [0.3, 0.4) is 0 Å². The first-order chi connectivity index (χ1) is 4.57. The Bertz CT molecular complexity index is 141. The topological polar surface area (TPSA) is 66.8 Å². The molecule has 0 radical (unpaired) electrons. The fraction of sp³-hybridized carbons (Fsp3) is 0.500. The van der Waals surface area contributed by atoms with E-state index in [2.05, 4.69) is 11.3 Å². The van der Waals surface area contributed by atoms with Crippen molar-refractivity contribution in [1.29, 1.82) is 0 Å². The van der Waals surface area contributed by atoms with Crippen molar-refractivity contribution in [1.82, 2.24) is 0 Å². The number of hydrogen-bond donors (Lipinski definition) is 2. The van der Waals surface area contributed by atoms with E-state index in [9.17, 15) is 4.79 Å². The highest BCUT2D eigenvalue weighted by Gasteiger charge is 2.14. The molecule has 1 unspecified atom stereocenters. The number of rotatable bonds is 3. The van der Waals surface area contributed by atoms with Crippen LogP contribution in [0.2, 0.25) is 0 Å². The Labute approximate surface area is 58.7 Å².